The van der Waals surface area contributed by atoms with Crippen molar-refractivity contribution in [3.05, 3.63) is 0 Å². The number of hydrogen-bond acceptors (Lipinski definition) is 4. The third-order valence-corrected chi connectivity index (χ3v) is 3.66. The molecule has 0 aromatic heterocycles. The van der Waals surface area contributed by atoms with Gasteiger partial charge in [0.2, 0.25) is 5.91 Å². The second-order valence-corrected chi connectivity index (χ2v) is 4.85. The van der Waals surface area contributed by atoms with E-state index in [9.17, 15) is 4.79 Å². The smallest absolute Gasteiger partial charge is 0.233 e. The first-order valence-electron chi connectivity index (χ1n) is 6.42. The minimum Gasteiger partial charge on any atom is -0.409 e. The molecule has 0 aromatic carbocycles. The van der Waals surface area contributed by atoms with Crippen molar-refractivity contribution < 1.29 is 14.7 Å². The van der Waals surface area contributed by atoms with E-state index in [0.717, 1.165) is 25.9 Å². The van der Waals surface area contributed by atoms with Crippen molar-refractivity contribution in [3.63, 3.8) is 0 Å². The number of amidine groups is 1. The van der Waals surface area contributed by atoms with E-state index >= 15 is 0 Å². The molecule has 6 nitrogen and oxygen atoms in total. The Morgan fingerprint density at radius 1 is 1.67 bits per heavy atom. The first kappa shape index (κ1) is 14.8. The molecule has 1 rings (SSSR count). The Bertz CT molecular complexity index is 314. The largest absolute Gasteiger partial charge is 0.409 e. The summed E-state index contributed by atoms with van der Waals surface area (Å²) in [4.78, 5) is 12.0. The van der Waals surface area contributed by atoms with Crippen LogP contribution in [-0.2, 0) is 9.53 Å². The fourth-order valence-electron chi connectivity index (χ4n) is 1.98. The summed E-state index contributed by atoms with van der Waals surface area (Å²) >= 11 is 0. The average Bonchev–Trinajstić information content (AvgIpc) is 2.89. The Labute approximate surface area is 108 Å². The number of ether oxygens (including phenoxy) is 1. The van der Waals surface area contributed by atoms with Crippen LogP contribution in [0.1, 0.15) is 39.5 Å². The summed E-state index contributed by atoms with van der Waals surface area (Å²) in [6, 6.07) is 0. The van der Waals surface area contributed by atoms with Gasteiger partial charge in [-0.3, -0.25) is 4.79 Å². The van der Waals surface area contributed by atoms with Gasteiger partial charge in [-0.15, -0.1) is 0 Å². The van der Waals surface area contributed by atoms with E-state index in [1.165, 1.54) is 0 Å². The Morgan fingerprint density at radius 2 is 2.39 bits per heavy atom. The van der Waals surface area contributed by atoms with Crippen LogP contribution in [0.5, 0.6) is 0 Å². The van der Waals surface area contributed by atoms with E-state index in [0.29, 0.717) is 13.0 Å². The maximum Gasteiger partial charge on any atom is 0.233 e. The van der Waals surface area contributed by atoms with Crippen LogP contribution in [0.25, 0.3) is 0 Å². The number of nitrogens with zero attached hydrogens (tertiary/aromatic N) is 1. The first-order chi connectivity index (χ1) is 8.54. The number of carbonyl (C=O) groups is 1. The zero-order valence-electron chi connectivity index (χ0n) is 11.1. The van der Waals surface area contributed by atoms with E-state index in [2.05, 4.69) is 10.5 Å². The fraction of sp³-hybridized carbons (Fsp3) is 0.833. The van der Waals surface area contributed by atoms with E-state index < -0.39 is 5.41 Å². The molecule has 0 aromatic rings. The summed E-state index contributed by atoms with van der Waals surface area (Å²) in [5.74, 6) is -0.266. The predicted molar refractivity (Wildman–Crippen MR) is 68.4 cm³/mol. The van der Waals surface area contributed by atoms with Crippen molar-refractivity contribution in [1.82, 2.24) is 5.32 Å². The highest BCUT2D eigenvalue weighted by Crippen LogP contribution is 2.21. The van der Waals surface area contributed by atoms with Crippen molar-refractivity contribution in [3.8, 4) is 0 Å². The Hall–Kier alpha value is -1.30. The van der Waals surface area contributed by atoms with Crippen LogP contribution >= 0.6 is 0 Å². The number of rotatable bonds is 6. The van der Waals surface area contributed by atoms with Crippen molar-refractivity contribution in [2.75, 3.05) is 13.2 Å². The van der Waals surface area contributed by atoms with Gasteiger partial charge in [-0.25, -0.2) is 0 Å². The molecule has 104 valence electrons. The molecule has 0 aliphatic carbocycles. The molecule has 6 heteroatoms. The fourth-order valence-corrected chi connectivity index (χ4v) is 1.98. The minimum absolute atomic E-state index is 0.0559. The summed E-state index contributed by atoms with van der Waals surface area (Å²) in [6.07, 6.45) is 3.69. The number of amides is 1. The predicted octanol–water partition coefficient (Wildman–Crippen LogP) is 0.834. The van der Waals surface area contributed by atoms with Crippen LogP contribution in [0, 0.1) is 5.41 Å². The lowest BCUT2D eigenvalue weighted by Crippen LogP contribution is -2.48. The van der Waals surface area contributed by atoms with Crippen molar-refractivity contribution in [1.29, 1.82) is 0 Å². The molecule has 1 aliphatic rings. The van der Waals surface area contributed by atoms with Crippen molar-refractivity contribution >= 4 is 11.7 Å². The van der Waals surface area contributed by atoms with Crippen molar-refractivity contribution in [2.24, 2.45) is 16.3 Å². The zero-order chi connectivity index (χ0) is 13.6. The Morgan fingerprint density at radius 3 is 2.89 bits per heavy atom. The topological polar surface area (TPSA) is 96.9 Å². The lowest BCUT2D eigenvalue weighted by atomic mass is 9.85. The summed E-state index contributed by atoms with van der Waals surface area (Å²) in [6.45, 7) is 4.87. The molecule has 1 saturated heterocycles. The number of nitrogens with two attached hydrogens (primary N) is 1. The van der Waals surface area contributed by atoms with Gasteiger partial charge in [0.15, 0.2) is 5.84 Å². The molecule has 4 N–H and O–H groups in total. The third-order valence-electron chi connectivity index (χ3n) is 3.66. The zero-order valence-corrected chi connectivity index (χ0v) is 11.1. The molecule has 18 heavy (non-hydrogen) atoms. The van der Waals surface area contributed by atoms with Gasteiger partial charge in [-0.1, -0.05) is 12.1 Å². The number of carbonyl (C=O) groups excluding carboxylic acids is 1. The molecule has 1 amide bonds. The average molecular weight is 257 g/mol. The minimum atomic E-state index is -0.953. The highest BCUT2D eigenvalue weighted by atomic mass is 16.5. The standard InChI is InChI=1S/C12H23N3O3/c1-3-12(2,10(13)15-17)11(16)14-7-6-9-5-4-8-18-9/h9,17H,3-8H2,1-2H3,(H2,13,15)(H,14,16). The van der Waals surface area contributed by atoms with Gasteiger partial charge in [0.25, 0.3) is 0 Å². The lowest BCUT2D eigenvalue weighted by Gasteiger charge is -2.25. The van der Waals surface area contributed by atoms with Gasteiger partial charge in [-0.2, -0.15) is 0 Å². The molecule has 0 radical (unpaired) electrons. The normalized spacial score (nSPS) is 23.7. The third kappa shape index (κ3) is 3.35. The van der Waals surface area contributed by atoms with Gasteiger partial charge in [0.05, 0.1) is 6.10 Å². The second-order valence-electron chi connectivity index (χ2n) is 4.85. The van der Waals surface area contributed by atoms with E-state index in [-0.39, 0.29) is 17.8 Å². The van der Waals surface area contributed by atoms with Gasteiger partial charge in [0, 0.05) is 13.2 Å². The molecule has 0 saturated carbocycles. The van der Waals surface area contributed by atoms with Gasteiger partial charge in [-0.05, 0) is 32.6 Å². The second kappa shape index (κ2) is 6.58. The summed E-state index contributed by atoms with van der Waals surface area (Å²) in [5.41, 5.74) is 4.62. The summed E-state index contributed by atoms with van der Waals surface area (Å²) < 4.78 is 5.48. The molecule has 0 bridgehead atoms. The van der Waals surface area contributed by atoms with Gasteiger partial charge >= 0.3 is 0 Å². The lowest BCUT2D eigenvalue weighted by molar-refractivity contribution is -0.127. The van der Waals surface area contributed by atoms with Gasteiger partial charge < -0.3 is 21.0 Å². The van der Waals surface area contributed by atoms with Crippen molar-refractivity contribution in [2.45, 2.75) is 45.6 Å². The highest BCUT2D eigenvalue weighted by molar-refractivity contribution is 6.06. The quantitative estimate of drug-likeness (QED) is 0.284. The van der Waals surface area contributed by atoms with Crippen LogP contribution in [0.15, 0.2) is 5.16 Å². The molecule has 2 unspecified atom stereocenters. The van der Waals surface area contributed by atoms with Crippen LogP contribution in [0.3, 0.4) is 0 Å². The first-order valence-corrected chi connectivity index (χ1v) is 6.42. The van der Waals surface area contributed by atoms with Crippen LogP contribution in [0.4, 0.5) is 0 Å². The molecule has 1 fully saturated rings. The molecule has 1 aliphatic heterocycles. The molecule has 2 atom stereocenters. The molecule has 0 spiro atoms. The Balaban J connectivity index is 2.42. The maximum absolute atomic E-state index is 12.0. The summed E-state index contributed by atoms with van der Waals surface area (Å²) in [5, 5.41) is 14.5. The van der Waals surface area contributed by atoms with Crippen LogP contribution in [-0.4, -0.2) is 36.2 Å². The van der Waals surface area contributed by atoms with Crippen LogP contribution in [0.2, 0.25) is 0 Å². The molecular weight excluding hydrogens is 234 g/mol. The maximum atomic E-state index is 12.0. The molecular formula is C12H23N3O3. The molecule has 1 heterocycles. The Kier molecular flexibility index (Phi) is 5.40. The SMILES string of the molecule is CCC(C)(C(=O)NCCC1CCCO1)C(N)=NO. The van der Waals surface area contributed by atoms with E-state index in [1.54, 1.807) is 6.92 Å². The number of hydrogen-bond donors (Lipinski definition) is 3. The van der Waals surface area contributed by atoms with Gasteiger partial charge in [0.1, 0.15) is 5.41 Å². The summed E-state index contributed by atoms with van der Waals surface area (Å²) in [7, 11) is 0. The monoisotopic (exact) mass is 257 g/mol. The van der Waals surface area contributed by atoms with Crippen LogP contribution < -0.4 is 11.1 Å². The van der Waals surface area contributed by atoms with E-state index in [4.69, 9.17) is 15.7 Å². The number of nitrogens with one attached hydrogen (secondary N) is 1. The highest BCUT2D eigenvalue weighted by Gasteiger charge is 2.36. The number of oxime groups is 1. The van der Waals surface area contributed by atoms with E-state index in [1.807, 2.05) is 6.92 Å².